The molecule has 0 radical (unpaired) electrons. The van der Waals surface area contributed by atoms with Gasteiger partial charge in [-0.05, 0) is 38.0 Å². The van der Waals surface area contributed by atoms with Crippen LogP contribution >= 0.6 is 22.9 Å². The number of aryl methyl sites for hydroxylation is 1. The third kappa shape index (κ3) is 3.00. The first-order chi connectivity index (χ1) is 11.6. The number of rotatable bonds is 2. The standard InChI is InChI=1S/C18H21ClN2O2S/c1-12-3-2-4-13(20-12)10-21-7-5-18(6-8-21)17-14(9-16(19)24-17)15(22)11-23-18/h2-4,9,15,22H,5-8,10-11H2,1H3. The van der Waals surface area contributed by atoms with E-state index in [1.807, 2.05) is 19.1 Å². The number of nitrogens with zero attached hydrogens (tertiary/aromatic N) is 2. The molecule has 6 heteroatoms. The zero-order valence-corrected chi connectivity index (χ0v) is 15.2. The molecule has 0 amide bonds. The summed E-state index contributed by atoms with van der Waals surface area (Å²) in [7, 11) is 0. The smallest absolute Gasteiger partial charge is 0.105 e. The van der Waals surface area contributed by atoms with Gasteiger partial charge in [0, 0.05) is 35.8 Å². The van der Waals surface area contributed by atoms with Gasteiger partial charge in [0.1, 0.15) is 11.7 Å². The maximum Gasteiger partial charge on any atom is 0.105 e. The van der Waals surface area contributed by atoms with Gasteiger partial charge in [0.05, 0.1) is 16.6 Å². The maximum absolute atomic E-state index is 10.2. The van der Waals surface area contributed by atoms with Crippen LogP contribution in [0.4, 0.5) is 0 Å². The molecule has 1 spiro atoms. The number of aliphatic hydroxyl groups excluding tert-OH is 1. The first-order valence-electron chi connectivity index (χ1n) is 8.32. The van der Waals surface area contributed by atoms with Crippen LogP contribution in [-0.4, -0.2) is 34.7 Å². The van der Waals surface area contributed by atoms with Gasteiger partial charge in [0.25, 0.3) is 0 Å². The second-order valence-corrected chi connectivity index (χ2v) is 8.39. The van der Waals surface area contributed by atoms with E-state index in [1.165, 1.54) is 0 Å². The van der Waals surface area contributed by atoms with E-state index in [0.29, 0.717) is 6.61 Å². The second-order valence-electron chi connectivity index (χ2n) is 6.70. The van der Waals surface area contributed by atoms with Crippen LogP contribution in [-0.2, 0) is 16.9 Å². The van der Waals surface area contributed by atoms with Crippen molar-refractivity contribution < 1.29 is 9.84 Å². The second kappa shape index (κ2) is 6.39. The molecule has 2 aromatic rings. The molecule has 1 atom stereocenters. The quantitative estimate of drug-likeness (QED) is 0.883. The molecule has 2 aliphatic rings. The van der Waals surface area contributed by atoms with Crippen LogP contribution in [0.25, 0.3) is 0 Å². The Labute approximate surface area is 151 Å². The molecule has 2 aliphatic heterocycles. The van der Waals surface area contributed by atoms with Gasteiger partial charge in [0.15, 0.2) is 0 Å². The van der Waals surface area contributed by atoms with Crippen LogP contribution in [0.5, 0.6) is 0 Å². The van der Waals surface area contributed by atoms with Gasteiger partial charge in [-0.1, -0.05) is 17.7 Å². The maximum atomic E-state index is 10.2. The van der Waals surface area contributed by atoms with Crippen LogP contribution in [0.15, 0.2) is 24.3 Å². The normalized spacial score (nSPS) is 23.4. The van der Waals surface area contributed by atoms with Gasteiger partial charge in [-0.25, -0.2) is 0 Å². The van der Waals surface area contributed by atoms with Gasteiger partial charge < -0.3 is 9.84 Å². The summed E-state index contributed by atoms with van der Waals surface area (Å²) >= 11 is 7.76. The Kier molecular flexibility index (Phi) is 4.39. The molecule has 0 bridgehead atoms. The Morgan fingerprint density at radius 1 is 1.42 bits per heavy atom. The highest BCUT2D eigenvalue weighted by atomic mass is 35.5. The highest BCUT2D eigenvalue weighted by Crippen LogP contribution is 2.49. The van der Waals surface area contributed by atoms with Crippen LogP contribution in [0.3, 0.4) is 0 Å². The highest BCUT2D eigenvalue weighted by Gasteiger charge is 2.44. The van der Waals surface area contributed by atoms with Crippen molar-refractivity contribution in [2.45, 2.75) is 38.0 Å². The minimum absolute atomic E-state index is 0.275. The SMILES string of the molecule is Cc1cccc(CN2CCC3(CC2)OCC(O)c2cc(Cl)sc23)n1. The van der Waals surface area contributed by atoms with E-state index in [4.69, 9.17) is 16.3 Å². The number of aromatic nitrogens is 1. The molecule has 128 valence electrons. The van der Waals surface area contributed by atoms with Crippen LogP contribution in [0.2, 0.25) is 4.34 Å². The van der Waals surface area contributed by atoms with E-state index in [9.17, 15) is 5.11 Å². The first-order valence-corrected chi connectivity index (χ1v) is 9.52. The fraction of sp³-hybridized carbons (Fsp3) is 0.500. The fourth-order valence-corrected chi connectivity index (χ4v) is 5.22. The van der Waals surface area contributed by atoms with Crippen molar-refractivity contribution in [1.82, 2.24) is 9.88 Å². The summed E-state index contributed by atoms with van der Waals surface area (Å²) in [5, 5.41) is 10.2. The number of likely N-dealkylation sites (tertiary alicyclic amines) is 1. The molecule has 1 N–H and O–H groups in total. The molecule has 2 aromatic heterocycles. The summed E-state index contributed by atoms with van der Waals surface area (Å²) in [6.45, 7) is 5.18. The molecule has 4 rings (SSSR count). The number of ether oxygens (including phenoxy) is 1. The van der Waals surface area contributed by atoms with E-state index in [2.05, 4.69) is 22.0 Å². The molecule has 0 saturated carbocycles. The molecule has 4 heterocycles. The van der Waals surface area contributed by atoms with Crippen molar-refractivity contribution in [1.29, 1.82) is 0 Å². The number of piperidine rings is 1. The summed E-state index contributed by atoms with van der Waals surface area (Å²) in [5.74, 6) is 0. The topological polar surface area (TPSA) is 45.6 Å². The number of halogens is 1. The molecule has 0 aliphatic carbocycles. The summed E-state index contributed by atoms with van der Waals surface area (Å²) in [4.78, 5) is 8.15. The molecule has 0 aromatic carbocycles. The zero-order valence-electron chi connectivity index (χ0n) is 13.7. The van der Waals surface area contributed by atoms with E-state index in [1.54, 1.807) is 11.3 Å². The molecule has 4 nitrogen and oxygen atoms in total. The van der Waals surface area contributed by atoms with Crippen molar-refractivity contribution in [3.63, 3.8) is 0 Å². The molecule has 1 unspecified atom stereocenters. The van der Waals surface area contributed by atoms with Gasteiger partial charge in [0.2, 0.25) is 0 Å². The van der Waals surface area contributed by atoms with Crippen molar-refractivity contribution in [2.24, 2.45) is 0 Å². The van der Waals surface area contributed by atoms with E-state index in [0.717, 1.165) is 58.6 Å². The highest BCUT2D eigenvalue weighted by molar-refractivity contribution is 7.16. The Morgan fingerprint density at radius 2 is 2.21 bits per heavy atom. The minimum Gasteiger partial charge on any atom is -0.386 e. The molecule has 24 heavy (non-hydrogen) atoms. The van der Waals surface area contributed by atoms with Crippen molar-refractivity contribution in [2.75, 3.05) is 19.7 Å². The average Bonchev–Trinajstić information content (AvgIpc) is 2.97. The zero-order chi connectivity index (χ0) is 16.7. The minimum atomic E-state index is -0.552. The average molecular weight is 365 g/mol. The predicted molar refractivity (Wildman–Crippen MR) is 95.4 cm³/mol. The summed E-state index contributed by atoms with van der Waals surface area (Å²) in [6.07, 6.45) is 1.30. The van der Waals surface area contributed by atoms with Gasteiger partial charge in [-0.2, -0.15) is 0 Å². The van der Waals surface area contributed by atoms with Gasteiger partial charge >= 0.3 is 0 Å². The lowest BCUT2D eigenvalue weighted by molar-refractivity contribution is -0.129. The first kappa shape index (κ1) is 16.5. The summed E-state index contributed by atoms with van der Waals surface area (Å²) in [5.41, 5.74) is 2.86. The Bertz CT molecular complexity index is 740. The third-order valence-corrected chi connectivity index (χ3v) is 6.48. The van der Waals surface area contributed by atoms with E-state index in [-0.39, 0.29) is 5.60 Å². The molecular weight excluding hydrogens is 344 g/mol. The number of thiophene rings is 1. The van der Waals surface area contributed by atoms with E-state index < -0.39 is 6.10 Å². The van der Waals surface area contributed by atoms with E-state index >= 15 is 0 Å². The molecule has 1 fully saturated rings. The summed E-state index contributed by atoms with van der Waals surface area (Å²) in [6, 6.07) is 8.08. The summed E-state index contributed by atoms with van der Waals surface area (Å²) < 4.78 is 6.87. The van der Waals surface area contributed by atoms with Crippen molar-refractivity contribution >= 4 is 22.9 Å². The molecular formula is C18H21ClN2O2S. The van der Waals surface area contributed by atoms with Crippen molar-refractivity contribution in [3.8, 4) is 0 Å². The fourth-order valence-electron chi connectivity index (χ4n) is 3.73. The lowest BCUT2D eigenvalue weighted by atomic mass is 9.84. The Hall–Kier alpha value is -0.980. The Balaban J connectivity index is 1.49. The van der Waals surface area contributed by atoms with Crippen LogP contribution in [0, 0.1) is 6.92 Å². The van der Waals surface area contributed by atoms with Crippen LogP contribution < -0.4 is 0 Å². The third-order valence-electron chi connectivity index (χ3n) is 5.02. The number of pyridine rings is 1. The van der Waals surface area contributed by atoms with Gasteiger partial charge in [-0.15, -0.1) is 11.3 Å². The predicted octanol–water partition coefficient (Wildman–Crippen LogP) is 3.66. The Morgan fingerprint density at radius 3 is 2.96 bits per heavy atom. The largest absolute Gasteiger partial charge is 0.386 e. The number of hydrogen-bond acceptors (Lipinski definition) is 5. The lowest BCUT2D eigenvalue weighted by Gasteiger charge is -2.44. The number of aliphatic hydroxyl groups is 1. The number of fused-ring (bicyclic) bond motifs is 2. The van der Waals surface area contributed by atoms with Crippen molar-refractivity contribution in [3.05, 3.63) is 50.4 Å². The van der Waals surface area contributed by atoms with Crippen LogP contribution in [0.1, 0.15) is 40.8 Å². The monoisotopic (exact) mass is 364 g/mol. The number of hydrogen-bond donors (Lipinski definition) is 1. The molecule has 1 saturated heterocycles. The van der Waals surface area contributed by atoms with Gasteiger partial charge in [-0.3, -0.25) is 9.88 Å². The lowest BCUT2D eigenvalue weighted by Crippen LogP contribution is -2.46.